The van der Waals surface area contributed by atoms with Crippen LogP contribution < -0.4 is 0 Å². The first-order valence-corrected chi connectivity index (χ1v) is 8.21. The van der Waals surface area contributed by atoms with Crippen LogP contribution in [0.2, 0.25) is 0 Å². The summed E-state index contributed by atoms with van der Waals surface area (Å²) in [6.45, 7) is 0. The number of pyridine rings is 1. The highest BCUT2D eigenvalue weighted by Crippen LogP contribution is 2.30. The molecule has 0 radical (unpaired) electrons. The van der Waals surface area contributed by atoms with Gasteiger partial charge >= 0.3 is 0 Å². The molecule has 4 aromatic rings. The SMILES string of the molecule is Fc1cccc(-c2cc(-c3ccc(F)c(-c4ncc(F)cc4F)c3)cnn2)c1. The Morgan fingerprint density at radius 2 is 1.50 bits per heavy atom. The van der Waals surface area contributed by atoms with Crippen LogP contribution in [0.15, 0.2) is 67.0 Å². The fraction of sp³-hybridized carbons (Fsp3) is 0. The molecule has 2 aromatic heterocycles. The van der Waals surface area contributed by atoms with Gasteiger partial charge in [0.2, 0.25) is 0 Å². The van der Waals surface area contributed by atoms with E-state index in [1.807, 2.05) is 0 Å². The van der Waals surface area contributed by atoms with E-state index in [0.29, 0.717) is 28.5 Å². The van der Waals surface area contributed by atoms with E-state index in [1.165, 1.54) is 30.5 Å². The average Bonchev–Trinajstić information content (AvgIpc) is 2.69. The molecule has 4 rings (SSSR count). The minimum Gasteiger partial charge on any atom is -0.250 e. The van der Waals surface area contributed by atoms with Crippen molar-refractivity contribution in [2.24, 2.45) is 0 Å². The van der Waals surface area contributed by atoms with Gasteiger partial charge in [0.05, 0.1) is 18.1 Å². The fourth-order valence-electron chi connectivity index (χ4n) is 2.81. The molecule has 0 fully saturated rings. The van der Waals surface area contributed by atoms with Gasteiger partial charge in [-0.15, -0.1) is 0 Å². The van der Waals surface area contributed by atoms with E-state index in [1.54, 1.807) is 18.2 Å². The predicted octanol–water partition coefficient (Wildman–Crippen LogP) is 5.43. The lowest BCUT2D eigenvalue weighted by Crippen LogP contribution is -1.95. The Labute approximate surface area is 157 Å². The largest absolute Gasteiger partial charge is 0.250 e. The second-order valence-corrected chi connectivity index (χ2v) is 6.02. The van der Waals surface area contributed by atoms with Crippen LogP contribution in [0.4, 0.5) is 17.6 Å². The summed E-state index contributed by atoms with van der Waals surface area (Å²) in [7, 11) is 0. The molecule has 0 saturated heterocycles. The second-order valence-electron chi connectivity index (χ2n) is 6.02. The summed E-state index contributed by atoms with van der Waals surface area (Å²) < 4.78 is 54.9. The lowest BCUT2D eigenvalue weighted by molar-refractivity contribution is 0.573. The smallest absolute Gasteiger partial charge is 0.152 e. The van der Waals surface area contributed by atoms with Gasteiger partial charge in [0.25, 0.3) is 0 Å². The Balaban J connectivity index is 1.79. The number of halogens is 4. The van der Waals surface area contributed by atoms with E-state index in [9.17, 15) is 17.6 Å². The van der Waals surface area contributed by atoms with Crippen LogP contribution in [0.25, 0.3) is 33.6 Å². The minimum absolute atomic E-state index is 0.112. The Bertz CT molecular complexity index is 1180. The summed E-state index contributed by atoms with van der Waals surface area (Å²) in [5.74, 6) is -2.93. The van der Waals surface area contributed by atoms with Gasteiger partial charge < -0.3 is 0 Å². The average molecular weight is 381 g/mol. The van der Waals surface area contributed by atoms with Crippen LogP contribution >= 0.6 is 0 Å². The number of hydrogen-bond acceptors (Lipinski definition) is 3. The molecule has 3 nitrogen and oxygen atoms in total. The van der Waals surface area contributed by atoms with Gasteiger partial charge in [-0.05, 0) is 35.9 Å². The number of benzene rings is 2. The van der Waals surface area contributed by atoms with Crippen molar-refractivity contribution in [3.05, 3.63) is 90.3 Å². The summed E-state index contributed by atoms with van der Waals surface area (Å²) >= 11 is 0. The molecule has 0 unspecified atom stereocenters. The third-order valence-corrected chi connectivity index (χ3v) is 4.14. The molecule has 2 heterocycles. The van der Waals surface area contributed by atoms with Crippen LogP contribution in [-0.2, 0) is 0 Å². The highest BCUT2D eigenvalue weighted by Gasteiger charge is 2.15. The molecule has 0 atom stereocenters. The van der Waals surface area contributed by atoms with Crippen LogP contribution in [0, 0.1) is 23.3 Å². The molecule has 0 bridgehead atoms. The minimum atomic E-state index is -0.968. The topological polar surface area (TPSA) is 38.7 Å². The standard InChI is InChI=1S/C21H11F4N3/c22-15-3-1-2-13(6-15)20-8-14(10-27-28-20)12-4-5-18(24)17(7-12)21-19(25)9-16(23)11-26-21/h1-11H. The fourth-order valence-corrected chi connectivity index (χ4v) is 2.81. The molecule has 28 heavy (non-hydrogen) atoms. The third-order valence-electron chi connectivity index (χ3n) is 4.14. The van der Waals surface area contributed by atoms with Crippen LogP contribution in [0.1, 0.15) is 0 Å². The molecule has 0 spiro atoms. The number of aromatic nitrogens is 3. The van der Waals surface area contributed by atoms with Gasteiger partial charge in [-0.3, -0.25) is 4.98 Å². The monoisotopic (exact) mass is 381 g/mol. The van der Waals surface area contributed by atoms with E-state index in [-0.39, 0.29) is 11.3 Å². The molecule has 0 amide bonds. The summed E-state index contributed by atoms with van der Waals surface area (Å²) in [6.07, 6.45) is 2.27. The summed E-state index contributed by atoms with van der Waals surface area (Å²) in [5, 5.41) is 7.91. The van der Waals surface area contributed by atoms with Gasteiger partial charge in [-0.1, -0.05) is 18.2 Å². The molecular weight excluding hydrogens is 370 g/mol. The first-order valence-electron chi connectivity index (χ1n) is 8.21. The molecule has 0 aliphatic rings. The molecule has 0 aliphatic heterocycles. The van der Waals surface area contributed by atoms with Gasteiger partial charge in [0.1, 0.15) is 23.1 Å². The summed E-state index contributed by atoms with van der Waals surface area (Å²) in [4.78, 5) is 3.66. The summed E-state index contributed by atoms with van der Waals surface area (Å²) in [6, 6.07) is 12.2. The van der Waals surface area contributed by atoms with Crippen molar-refractivity contribution in [2.75, 3.05) is 0 Å². The maximum absolute atomic E-state index is 14.3. The molecule has 0 saturated carbocycles. The van der Waals surface area contributed by atoms with Crippen LogP contribution in [-0.4, -0.2) is 15.2 Å². The van der Waals surface area contributed by atoms with Crippen molar-refractivity contribution in [1.29, 1.82) is 0 Å². The van der Waals surface area contributed by atoms with Crippen molar-refractivity contribution in [3.63, 3.8) is 0 Å². The summed E-state index contributed by atoms with van der Waals surface area (Å²) in [5.41, 5.74) is 1.64. The van der Waals surface area contributed by atoms with Gasteiger partial charge in [-0.25, -0.2) is 17.6 Å². The maximum atomic E-state index is 14.3. The van der Waals surface area contributed by atoms with Gasteiger partial charge in [-0.2, -0.15) is 10.2 Å². The van der Waals surface area contributed by atoms with Crippen LogP contribution in [0.3, 0.4) is 0 Å². The van der Waals surface area contributed by atoms with Crippen molar-refractivity contribution < 1.29 is 17.6 Å². The molecule has 0 aliphatic carbocycles. The first kappa shape index (κ1) is 17.8. The van der Waals surface area contributed by atoms with Crippen molar-refractivity contribution in [1.82, 2.24) is 15.2 Å². The van der Waals surface area contributed by atoms with Crippen molar-refractivity contribution in [2.45, 2.75) is 0 Å². The van der Waals surface area contributed by atoms with Crippen molar-refractivity contribution in [3.8, 4) is 33.6 Å². The Kier molecular flexibility index (Phi) is 4.57. The van der Waals surface area contributed by atoms with E-state index >= 15 is 0 Å². The lowest BCUT2D eigenvalue weighted by Gasteiger charge is -2.09. The third kappa shape index (κ3) is 3.46. The predicted molar refractivity (Wildman–Crippen MR) is 96.0 cm³/mol. The molecule has 138 valence electrons. The lowest BCUT2D eigenvalue weighted by atomic mass is 10.0. The van der Waals surface area contributed by atoms with Crippen LogP contribution in [0.5, 0.6) is 0 Å². The molecule has 7 heteroatoms. The highest BCUT2D eigenvalue weighted by molar-refractivity contribution is 5.74. The zero-order chi connectivity index (χ0) is 19.7. The second kappa shape index (κ2) is 7.19. The quantitative estimate of drug-likeness (QED) is 0.444. The van der Waals surface area contributed by atoms with Gasteiger partial charge in [0.15, 0.2) is 5.82 Å². The van der Waals surface area contributed by atoms with E-state index in [0.717, 1.165) is 12.3 Å². The van der Waals surface area contributed by atoms with Gasteiger partial charge in [0, 0.05) is 22.8 Å². The molecule has 0 N–H and O–H groups in total. The first-order chi connectivity index (χ1) is 13.5. The Hall–Kier alpha value is -3.61. The zero-order valence-electron chi connectivity index (χ0n) is 14.2. The van der Waals surface area contributed by atoms with Crippen molar-refractivity contribution >= 4 is 0 Å². The number of rotatable bonds is 3. The number of nitrogens with zero attached hydrogens (tertiary/aromatic N) is 3. The maximum Gasteiger partial charge on any atom is 0.152 e. The van der Waals surface area contributed by atoms with E-state index < -0.39 is 23.3 Å². The highest BCUT2D eigenvalue weighted by atomic mass is 19.1. The Morgan fingerprint density at radius 3 is 2.29 bits per heavy atom. The Morgan fingerprint density at radius 1 is 0.643 bits per heavy atom. The number of hydrogen-bond donors (Lipinski definition) is 0. The molecular formula is C21H11F4N3. The van der Waals surface area contributed by atoms with E-state index in [4.69, 9.17) is 0 Å². The molecule has 2 aromatic carbocycles. The van der Waals surface area contributed by atoms with E-state index in [2.05, 4.69) is 15.2 Å². The normalized spacial score (nSPS) is 10.9. The zero-order valence-corrected chi connectivity index (χ0v) is 14.2.